The molecule has 1 fully saturated rings. The van der Waals surface area contributed by atoms with Gasteiger partial charge in [-0.1, -0.05) is 6.07 Å². The second kappa shape index (κ2) is 6.02. The molecule has 0 saturated carbocycles. The van der Waals surface area contributed by atoms with Crippen LogP contribution in [0.5, 0.6) is 11.5 Å². The zero-order chi connectivity index (χ0) is 13.9. The van der Waals surface area contributed by atoms with Gasteiger partial charge in [0.25, 0.3) is 0 Å². The molecule has 1 aromatic carbocycles. The maximum absolute atomic E-state index is 6.04. The van der Waals surface area contributed by atoms with E-state index < -0.39 is 0 Å². The fraction of sp³-hybridized carbons (Fsp3) is 0.625. The van der Waals surface area contributed by atoms with Gasteiger partial charge in [-0.15, -0.1) is 0 Å². The highest BCUT2D eigenvalue weighted by molar-refractivity contribution is 5.44. The van der Waals surface area contributed by atoms with Crippen molar-refractivity contribution in [3.8, 4) is 11.5 Å². The number of rotatable bonds is 3. The second-order valence-corrected chi connectivity index (χ2v) is 5.74. The fourth-order valence-corrected chi connectivity index (χ4v) is 3.27. The van der Waals surface area contributed by atoms with E-state index in [1.54, 1.807) is 0 Å². The van der Waals surface area contributed by atoms with E-state index in [4.69, 9.17) is 15.2 Å². The van der Waals surface area contributed by atoms with Crippen LogP contribution in [-0.4, -0.2) is 37.2 Å². The summed E-state index contributed by atoms with van der Waals surface area (Å²) in [6, 6.07) is 7.17. The van der Waals surface area contributed by atoms with Gasteiger partial charge in [0, 0.05) is 25.0 Å². The summed E-state index contributed by atoms with van der Waals surface area (Å²) in [6.07, 6.45) is 3.47. The molecule has 1 aromatic rings. The number of hydrogen-bond acceptors (Lipinski definition) is 4. The van der Waals surface area contributed by atoms with Crippen LogP contribution in [-0.2, 0) is 0 Å². The van der Waals surface area contributed by atoms with Crippen molar-refractivity contribution >= 4 is 0 Å². The van der Waals surface area contributed by atoms with Gasteiger partial charge in [0.05, 0.1) is 13.2 Å². The van der Waals surface area contributed by atoms with Gasteiger partial charge >= 0.3 is 0 Å². The SMILES string of the molecule is CC1CCCN1C(CN)c1ccc2c(c1)OCCCO2. The number of nitrogens with two attached hydrogens (primary N) is 1. The predicted octanol–water partition coefficient (Wildman–Crippen LogP) is 2.33. The summed E-state index contributed by atoms with van der Waals surface area (Å²) >= 11 is 0. The Morgan fingerprint density at radius 3 is 2.75 bits per heavy atom. The molecule has 2 aliphatic rings. The standard InChI is InChI=1S/C16H24N2O2/c1-12-4-2-7-18(12)14(11-17)13-5-6-15-16(10-13)20-9-3-8-19-15/h5-6,10,12,14H,2-4,7-9,11,17H2,1H3. The van der Waals surface area contributed by atoms with Gasteiger partial charge in [-0.2, -0.15) is 0 Å². The van der Waals surface area contributed by atoms with Gasteiger partial charge in [0.1, 0.15) is 0 Å². The number of fused-ring (bicyclic) bond motifs is 1. The predicted molar refractivity (Wildman–Crippen MR) is 79.2 cm³/mol. The smallest absolute Gasteiger partial charge is 0.161 e. The molecule has 4 heteroatoms. The maximum Gasteiger partial charge on any atom is 0.161 e. The lowest BCUT2D eigenvalue weighted by Crippen LogP contribution is -2.36. The van der Waals surface area contributed by atoms with Crippen LogP contribution in [0.4, 0.5) is 0 Å². The van der Waals surface area contributed by atoms with E-state index in [-0.39, 0.29) is 6.04 Å². The average Bonchev–Trinajstić information content (AvgIpc) is 2.75. The molecule has 0 aromatic heterocycles. The highest BCUT2D eigenvalue weighted by atomic mass is 16.5. The summed E-state index contributed by atoms with van der Waals surface area (Å²) < 4.78 is 11.5. The first kappa shape index (κ1) is 13.7. The van der Waals surface area contributed by atoms with Crippen LogP contribution in [0.25, 0.3) is 0 Å². The molecule has 20 heavy (non-hydrogen) atoms. The number of hydrogen-bond donors (Lipinski definition) is 1. The first-order valence-electron chi connectivity index (χ1n) is 7.65. The van der Waals surface area contributed by atoms with Gasteiger partial charge in [-0.3, -0.25) is 4.90 Å². The Labute approximate surface area is 120 Å². The minimum Gasteiger partial charge on any atom is -0.490 e. The normalized spacial score (nSPS) is 24.4. The number of likely N-dealkylation sites (tertiary alicyclic amines) is 1. The Balaban J connectivity index is 1.86. The van der Waals surface area contributed by atoms with E-state index >= 15 is 0 Å². The Hall–Kier alpha value is -1.26. The molecule has 0 spiro atoms. The van der Waals surface area contributed by atoms with Gasteiger partial charge in [0.15, 0.2) is 11.5 Å². The summed E-state index contributed by atoms with van der Waals surface area (Å²) in [5.74, 6) is 1.72. The van der Waals surface area contributed by atoms with Crippen LogP contribution >= 0.6 is 0 Å². The minimum absolute atomic E-state index is 0.282. The van der Waals surface area contributed by atoms with Crippen LogP contribution in [0, 0.1) is 0 Å². The van der Waals surface area contributed by atoms with Gasteiger partial charge < -0.3 is 15.2 Å². The van der Waals surface area contributed by atoms with E-state index in [1.165, 1.54) is 18.4 Å². The highest BCUT2D eigenvalue weighted by Gasteiger charge is 2.28. The molecule has 2 aliphatic heterocycles. The zero-order valence-corrected chi connectivity index (χ0v) is 12.2. The molecule has 0 bridgehead atoms. The highest BCUT2D eigenvalue weighted by Crippen LogP contribution is 2.35. The third-order valence-electron chi connectivity index (χ3n) is 4.38. The fourth-order valence-electron chi connectivity index (χ4n) is 3.27. The molecule has 110 valence electrons. The van der Waals surface area contributed by atoms with Crippen molar-refractivity contribution in [3.05, 3.63) is 23.8 Å². The van der Waals surface area contributed by atoms with E-state index in [9.17, 15) is 0 Å². The van der Waals surface area contributed by atoms with Crippen LogP contribution in [0.1, 0.15) is 37.8 Å². The first-order valence-corrected chi connectivity index (χ1v) is 7.65. The molecule has 3 rings (SSSR count). The largest absolute Gasteiger partial charge is 0.490 e. The van der Waals surface area contributed by atoms with Crippen molar-refractivity contribution in [1.82, 2.24) is 4.90 Å². The van der Waals surface area contributed by atoms with Gasteiger partial charge in [0.2, 0.25) is 0 Å². The number of ether oxygens (including phenoxy) is 2. The summed E-state index contributed by atoms with van der Waals surface area (Å²) in [5, 5.41) is 0. The second-order valence-electron chi connectivity index (χ2n) is 5.74. The summed E-state index contributed by atoms with van der Waals surface area (Å²) in [6.45, 7) is 5.53. The Morgan fingerprint density at radius 2 is 2.05 bits per heavy atom. The van der Waals surface area contributed by atoms with Crippen LogP contribution in [0.15, 0.2) is 18.2 Å². The quantitative estimate of drug-likeness (QED) is 0.920. The van der Waals surface area contributed by atoms with Gasteiger partial charge in [-0.25, -0.2) is 0 Å². The van der Waals surface area contributed by atoms with Crippen LogP contribution in [0.3, 0.4) is 0 Å². The summed E-state index contributed by atoms with van der Waals surface area (Å²) in [5.41, 5.74) is 7.28. The zero-order valence-electron chi connectivity index (χ0n) is 12.2. The first-order chi connectivity index (χ1) is 9.79. The average molecular weight is 276 g/mol. The lowest BCUT2D eigenvalue weighted by molar-refractivity contribution is 0.195. The van der Waals surface area contributed by atoms with Crippen molar-refractivity contribution in [2.75, 3.05) is 26.3 Å². The Bertz CT molecular complexity index is 464. The molecule has 0 amide bonds. The molecular weight excluding hydrogens is 252 g/mol. The van der Waals surface area contributed by atoms with E-state index in [0.29, 0.717) is 12.6 Å². The summed E-state index contributed by atoms with van der Waals surface area (Å²) in [4.78, 5) is 2.51. The third kappa shape index (κ3) is 2.63. The van der Waals surface area contributed by atoms with Crippen molar-refractivity contribution in [2.45, 2.75) is 38.3 Å². The van der Waals surface area contributed by atoms with Crippen molar-refractivity contribution < 1.29 is 9.47 Å². The maximum atomic E-state index is 6.04. The minimum atomic E-state index is 0.282. The van der Waals surface area contributed by atoms with E-state index in [0.717, 1.165) is 37.7 Å². The molecule has 2 heterocycles. The molecule has 2 N–H and O–H groups in total. The van der Waals surface area contributed by atoms with Gasteiger partial charge in [-0.05, 0) is 44.0 Å². The van der Waals surface area contributed by atoms with Crippen molar-refractivity contribution in [3.63, 3.8) is 0 Å². The third-order valence-corrected chi connectivity index (χ3v) is 4.38. The Kier molecular flexibility index (Phi) is 4.13. The topological polar surface area (TPSA) is 47.7 Å². The van der Waals surface area contributed by atoms with Crippen LogP contribution in [0.2, 0.25) is 0 Å². The van der Waals surface area contributed by atoms with Crippen molar-refractivity contribution in [1.29, 1.82) is 0 Å². The van der Waals surface area contributed by atoms with Crippen molar-refractivity contribution in [2.24, 2.45) is 5.73 Å². The molecule has 0 radical (unpaired) electrons. The van der Waals surface area contributed by atoms with Crippen LogP contribution < -0.4 is 15.2 Å². The lowest BCUT2D eigenvalue weighted by atomic mass is 10.0. The molecule has 2 atom stereocenters. The van der Waals surface area contributed by atoms with E-state index in [2.05, 4.69) is 24.0 Å². The molecule has 2 unspecified atom stereocenters. The molecule has 1 saturated heterocycles. The molecule has 0 aliphatic carbocycles. The number of benzene rings is 1. The lowest BCUT2D eigenvalue weighted by Gasteiger charge is -2.31. The Morgan fingerprint density at radius 1 is 1.25 bits per heavy atom. The molecule has 4 nitrogen and oxygen atoms in total. The monoisotopic (exact) mass is 276 g/mol. The number of nitrogens with zero attached hydrogens (tertiary/aromatic N) is 1. The molecular formula is C16H24N2O2. The summed E-state index contributed by atoms with van der Waals surface area (Å²) in [7, 11) is 0. The van der Waals surface area contributed by atoms with E-state index in [1.807, 2.05) is 6.07 Å².